The Balaban J connectivity index is 2.17. The van der Waals surface area contributed by atoms with E-state index in [1.54, 1.807) is 30.3 Å². The van der Waals surface area contributed by atoms with Crippen molar-refractivity contribution in [3.8, 4) is 17.2 Å². The van der Waals surface area contributed by atoms with Crippen LogP contribution >= 0.6 is 0 Å². The van der Waals surface area contributed by atoms with Crippen LogP contribution in [0.4, 0.5) is 13.2 Å². The molecule has 0 bridgehead atoms. The van der Waals surface area contributed by atoms with Gasteiger partial charge >= 0.3 is 6.61 Å². The van der Waals surface area contributed by atoms with E-state index in [1.165, 1.54) is 27.4 Å². The van der Waals surface area contributed by atoms with Crippen molar-refractivity contribution in [3.63, 3.8) is 0 Å². The molecule has 28 heavy (non-hydrogen) atoms. The van der Waals surface area contributed by atoms with Crippen molar-refractivity contribution in [2.75, 3.05) is 21.3 Å². The lowest BCUT2D eigenvalue weighted by Crippen LogP contribution is -2.33. The van der Waals surface area contributed by atoms with Gasteiger partial charge in [0.1, 0.15) is 5.82 Å². The Morgan fingerprint density at radius 1 is 1.00 bits per heavy atom. The molecule has 0 saturated carbocycles. The molecular weight excluding hydrogens is 375 g/mol. The third-order valence-corrected chi connectivity index (χ3v) is 4.28. The molecule has 0 radical (unpaired) electrons. The van der Waals surface area contributed by atoms with Gasteiger partial charge in [-0.1, -0.05) is 18.2 Å². The fraction of sp³-hybridized carbons (Fsp3) is 0.400. The zero-order valence-corrected chi connectivity index (χ0v) is 16.2. The monoisotopic (exact) mass is 399 g/mol. The lowest BCUT2D eigenvalue weighted by atomic mass is 10.0. The largest absolute Gasteiger partial charge is 0.493 e. The molecular formula is C20H24F3NO4. The maximum Gasteiger partial charge on any atom is 0.387 e. The van der Waals surface area contributed by atoms with Crippen LogP contribution in [0.2, 0.25) is 0 Å². The maximum absolute atomic E-state index is 14.1. The van der Waals surface area contributed by atoms with Crippen LogP contribution in [0.1, 0.15) is 24.2 Å². The fourth-order valence-corrected chi connectivity index (χ4v) is 2.93. The van der Waals surface area contributed by atoms with Crippen LogP contribution in [0.15, 0.2) is 36.4 Å². The van der Waals surface area contributed by atoms with Gasteiger partial charge in [-0.15, -0.1) is 0 Å². The second kappa shape index (κ2) is 10.2. The highest BCUT2D eigenvalue weighted by Gasteiger charge is 2.22. The quantitative estimate of drug-likeness (QED) is 0.645. The molecule has 0 unspecified atom stereocenters. The van der Waals surface area contributed by atoms with Crippen LogP contribution in [0.3, 0.4) is 0 Å². The van der Waals surface area contributed by atoms with Crippen molar-refractivity contribution < 1.29 is 32.1 Å². The highest BCUT2D eigenvalue weighted by molar-refractivity contribution is 5.54. The minimum absolute atomic E-state index is 0.126. The Kier molecular flexibility index (Phi) is 7.95. The SMILES string of the molecule is COc1cc(CN[C@H](C)[C@@H](OC)c2ccccc2F)cc(OC)c1OC(F)F. The van der Waals surface area contributed by atoms with E-state index in [0.29, 0.717) is 17.7 Å². The summed E-state index contributed by atoms with van der Waals surface area (Å²) in [5.41, 5.74) is 1.16. The van der Waals surface area contributed by atoms with Crippen LogP contribution in [-0.4, -0.2) is 34.0 Å². The van der Waals surface area contributed by atoms with Crippen LogP contribution < -0.4 is 19.5 Å². The van der Waals surface area contributed by atoms with Crippen molar-refractivity contribution in [2.45, 2.75) is 32.2 Å². The summed E-state index contributed by atoms with van der Waals surface area (Å²) in [5.74, 6) is -0.263. The van der Waals surface area contributed by atoms with E-state index in [1.807, 2.05) is 6.92 Å². The molecule has 0 heterocycles. The molecule has 0 fully saturated rings. The van der Waals surface area contributed by atoms with Gasteiger partial charge in [-0.3, -0.25) is 0 Å². The highest BCUT2D eigenvalue weighted by Crippen LogP contribution is 2.39. The number of methoxy groups -OCH3 is 3. The standard InChI is InChI=1S/C20H24F3NO4/c1-12(18(27-4)14-7-5-6-8-15(14)21)24-11-13-9-16(25-2)19(28-20(22)23)17(10-13)26-3/h5-10,12,18,20,24H,11H2,1-4H3/t12-,18-/m1/s1. The van der Waals surface area contributed by atoms with E-state index in [2.05, 4.69) is 10.1 Å². The van der Waals surface area contributed by atoms with Crippen molar-refractivity contribution in [1.82, 2.24) is 5.32 Å². The molecule has 2 rings (SSSR count). The van der Waals surface area contributed by atoms with Crippen molar-refractivity contribution in [3.05, 3.63) is 53.3 Å². The smallest absolute Gasteiger partial charge is 0.387 e. The molecule has 2 atom stereocenters. The zero-order valence-electron chi connectivity index (χ0n) is 16.2. The van der Waals surface area contributed by atoms with Gasteiger partial charge in [0.15, 0.2) is 11.5 Å². The molecule has 8 heteroatoms. The number of alkyl halides is 2. The molecule has 5 nitrogen and oxygen atoms in total. The van der Waals surface area contributed by atoms with E-state index in [0.717, 1.165) is 0 Å². The average Bonchev–Trinajstić information content (AvgIpc) is 2.68. The first-order valence-corrected chi connectivity index (χ1v) is 8.61. The minimum atomic E-state index is -3.00. The Morgan fingerprint density at radius 3 is 2.11 bits per heavy atom. The lowest BCUT2D eigenvalue weighted by Gasteiger charge is -2.25. The van der Waals surface area contributed by atoms with E-state index in [4.69, 9.17) is 14.2 Å². The second-order valence-electron chi connectivity index (χ2n) is 6.06. The van der Waals surface area contributed by atoms with Gasteiger partial charge < -0.3 is 24.3 Å². The number of hydrogen-bond donors (Lipinski definition) is 1. The van der Waals surface area contributed by atoms with Gasteiger partial charge in [0, 0.05) is 25.3 Å². The Hall–Kier alpha value is -2.45. The summed E-state index contributed by atoms with van der Waals surface area (Å²) < 4.78 is 59.6. The van der Waals surface area contributed by atoms with E-state index in [-0.39, 0.29) is 29.1 Å². The summed E-state index contributed by atoms with van der Waals surface area (Å²) >= 11 is 0. The minimum Gasteiger partial charge on any atom is -0.493 e. The van der Waals surface area contributed by atoms with Gasteiger partial charge in [-0.05, 0) is 30.7 Å². The maximum atomic E-state index is 14.1. The highest BCUT2D eigenvalue weighted by atomic mass is 19.3. The summed E-state index contributed by atoms with van der Waals surface area (Å²) in [5, 5.41) is 3.25. The molecule has 0 aliphatic rings. The second-order valence-corrected chi connectivity index (χ2v) is 6.06. The lowest BCUT2D eigenvalue weighted by molar-refractivity contribution is -0.0526. The molecule has 0 aromatic heterocycles. The summed E-state index contributed by atoms with van der Waals surface area (Å²) in [6.45, 7) is -0.796. The van der Waals surface area contributed by atoms with Crippen LogP contribution in [0.5, 0.6) is 17.2 Å². The van der Waals surface area contributed by atoms with Crippen molar-refractivity contribution in [2.24, 2.45) is 0 Å². The Bertz CT molecular complexity index is 748. The van der Waals surface area contributed by atoms with E-state index < -0.39 is 12.7 Å². The number of hydrogen-bond acceptors (Lipinski definition) is 5. The topological polar surface area (TPSA) is 49.0 Å². The van der Waals surface area contributed by atoms with E-state index >= 15 is 0 Å². The number of ether oxygens (including phenoxy) is 4. The molecule has 0 aliphatic carbocycles. The third kappa shape index (κ3) is 5.30. The van der Waals surface area contributed by atoms with Crippen LogP contribution in [0, 0.1) is 5.82 Å². The molecule has 0 amide bonds. The predicted octanol–water partition coefficient (Wildman–Crippen LogP) is 4.31. The van der Waals surface area contributed by atoms with Gasteiger partial charge in [0.05, 0.1) is 20.3 Å². The molecule has 0 spiro atoms. The molecule has 0 saturated heterocycles. The Morgan fingerprint density at radius 2 is 1.61 bits per heavy atom. The van der Waals surface area contributed by atoms with Crippen LogP contribution in [0.25, 0.3) is 0 Å². The average molecular weight is 399 g/mol. The fourth-order valence-electron chi connectivity index (χ4n) is 2.93. The van der Waals surface area contributed by atoms with Gasteiger partial charge in [0.25, 0.3) is 0 Å². The first-order chi connectivity index (χ1) is 13.4. The molecule has 0 aliphatic heterocycles. The third-order valence-electron chi connectivity index (χ3n) is 4.28. The zero-order chi connectivity index (χ0) is 20.7. The van der Waals surface area contributed by atoms with Gasteiger partial charge in [-0.25, -0.2) is 4.39 Å². The molecule has 2 aromatic rings. The number of nitrogens with one attached hydrogen (secondary N) is 1. The molecule has 2 aromatic carbocycles. The number of halogens is 3. The van der Waals surface area contributed by atoms with Gasteiger partial charge in [0.2, 0.25) is 5.75 Å². The normalized spacial score (nSPS) is 13.3. The van der Waals surface area contributed by atoms with E-state index in [9.17, 15) is 13.2 Å². The molecule has 154 valence electrons. The van der Waals surface area contributed by atoms with Crippen molar-refractivity contribution in [1.29, 1.82) is 0 Å². The summed E-state index contributed by atoms with van der Waals surface area (Å²) in [4.78, 5) is 0. The predicted molar refractivity (Wildman–Crippen MR) is 98.6 cm³/mol. The Labute approximate surface area is 162 Å². The number of rotatable bonds is 10. The van der Waals surface area contributed by atoms with Crippen molar-refractivity contribution >= 4 is 0 Å². The van der Waals surface area contributed by atoms with Gasteiger partial charge in [-0.2, -0.15) is 8.78 Å². The first-order valence-electron chi connectivity index (χ1n) is 8.61. The summed E-state index contributed by atoms with van der Waals surface area (Å²) in [6.07, 6.45) is -0.508. The molecule has 1 N–H and O–H groups in total. The number of benzene rings is 2. The van der Waals surface area contributed by atoms with Crippen LogP contribution in [-0.2, 0) is 11.3 Å². The summed E-state index contributed by atoms with van der Waals surface area (Å²) in [6, 6.07) is 9.32. The summed E-state index contributed by atoms with van der Waals surface area (Å²) in [7, 11) is 4.22. The first kappa shape index (κ1) is 21.8.